The number of anilines is 1. The lowest BCUT2D eigenvalue weighted by Crippen LogP contribution is -2.44. The molecule has 108 valence electrons. The molecule has 1 unspecified atom stereocenters. The van der Waals surface area contributed by atoms with Crippen LogP contribution in [0.2, 0.25) is 0 Å². The Morgan fingerprint density at radius 2 is 1.95 bits per heavy atom. The van der Waals surface area contributed by atoms with Crippen molar-refractivity contribution in [1.82, 2.24) is 14.9 Å². The minimum atomic E-state index is -0.563. The summed E-state index contributed by atoms with van der Waals surface area (Å²) in [6.07, 6.45) is 5.47. The molecule has 1 saturated heterocycles. The highest BCUT2D eigenvalue weighted by molar-refractivity contribution is 5.83. The van der Waals surface area contributed by atoms with Gasteiger partial charge in [0.1, 0.15) is 18.4 Å². The Kier molecular flexibility index (Phi) is 4.44. The minimum absolute atomic E-state index is 0.00616. The van der Waals surface area contributed by atoms with Gasteiger partial charge in [0, 0.05) is 13.1 Å². The third-order valence-corrected chi connectivity index (χ3v) is 3.23. The number of nitrogens with one attached hydrogen (secondary N) is 1. The van der Waals surface area contributed by atoms with Crippen molar-refractivity contribution in [2.75, 3.05) is 18.4 Å². The minimum Gasteiger partial charge on any atom is -0.343 e. The molecule has 1 fully saturated rings. The number of amides is 1. The summed E-state index contributed by atoms with van der Waals surface area (Å²) in [5, 5.41) is 13.4. The van der Waals surface area contributed by atoms with Crippen LogP contribution in [0.3, 0.4) is 0 Å². The van der Waals surface area contributed by atoms with Gasteiger partial charge in [0.2, 0.25) is 11.9 Å². The second-order valence-corrected chi connectivity index (χ2v) is 4.77. The zero-order chi connectivity index (χ0) is 14.5. The number of hydrogen-bond acceptors (Lipinski definition) is 6. The molecule has 8 nitrogen and oxygen atoms in total. The van der Waals surface area contributed by atoms with Crippen molar-refractivity contribution >= 4 is 17.5 Å². The Hall–Kier alpha value is -2.25. The fourth-order valence-corrected chi connectivity index (χ4v) is 2.13. The number of carbonyl (C=O) groups excluding carboxylic acids is 1. The highest BCUT2D eigenvalue weighted by Crippen LogP contribution is 2.12. The first-order valence-corrected chi connectivity index (χ1v) is 6.59. The van der Waals surface area contributed by atoms with Crippen LogP contribution in [0.1, 0.15) is 26.2 Å². The van der Waals surface area contributed by atoms with E-state index in [2.05, 4.69) is 15.3 Å². The van der Waals surface area contributed by atoms with Crippen LogP contribution in [0.4, 0.5) is 11.6 Å². The monoisotopic (exact) mass is 279 g/mol. The number of piperidine rings is 1. The molecule has 0 saturated carbocycles. The standard InChI is InChI=1S/C12H17N5O3/c1-9(11(18)16-5-3-2-4-6-16)15-12-13-7-10(8-14-12)17(19)20/h7-9H,2-6H2,1H3,(H,13,14,15). The normalized spacial score (nSPS) is 16.6. The van der Waals surface area contributed by atoms with Gasteiger partial charge in [0.05, 0.1) is 4.92 Å². The van der Waals surface area contributed by atoms with Crippen LogP contribution in [-0.4, -0.2) is 44.8 Å². The van der Waals surface area contributed by atoms with Gasteiger partial charge in [0.15, 0.2) is 0 Å². The van der Waals surface area contributed by atoms with Crippen LogP contribution in [-0.2, 0) is 4.79 Å². The summed E-state index contributed by atoms with van der Waals surface area (Å²) in [6.45, 7) is 3.31. The highest BCUT2D eigenvalue weighted by Gasteiger charge is 2.22. The van der Waals surface area contributed by atoms with Crippen molar-refractivity contribution in [3.63, 3.8) is 0 Å². The zero-order valence-corrected chi connectivity index (χ0v) is 11.3. The van der Waals surface area contributed by atoms with Crippen molar-refractivity contribution in [1.29, 1.82) is 0 Å². The molecule has 0 spiro atoms. The molecule has 1 atom stereocenters. The van der Waals surface area contributed by atoms with E-state index in [4.69, 9.17) is 0 Å². The van der Waals surface area contributed by atoms with Crippen LogP contribution in [0.25, 0.3) is 0 Å². The van der Waals surface area contributed by atoms with Gasteiger partial charge in [-0.05, 0) is 26.2 Å². The summed E-state index contributed by atoms with van der Waals surface area (Å²) >= 11 is 0. The van der Waals surface area contributed by atoms with E-state index in [0.717, 1.165) is 44.7 Å². The fourth-order valence-electron chi connectivity index (χ4n) is 2.13. The number of nitro groups is 1. The molecule has 2 rings (SSSR count). The summed E-state index contributed by atoms with van der Waals surface area (Å²) in [5.41, 5.74) is -0.175. The second kappa shape index (κ2) is 6.27. The summed E-state index contributed by atoms with van der Waals surface area (Å²) in [6, 6.07) is -0.449. The lowest BCUT2D eigenvalue weighted by atomic mass is 10.1. The molecule has 0 aromatic carbocycles. The largest absolute Gasteiger partial charge is 0.343 e. The van der Waals surface area contributed by atoms with Gasteiger partial charge in [-0.2, -0.15) is 0 Å². The van der Waals surface area contributed by atoms with E-state index in [1.807, 2.05) is 4.90 Å². The van der Waals surface area contributed by atoms with Gasteiger partial charge < -0.3 is 10.2 Å². The highest BCUT2D eigenvalue weighted by atomic mass is 16.6. The van der Waals surface area contributed by atoms with Gasteiger partial charge >= 0.3 is 5.69 Å². The van der Waals surface area contributed by atoms with Crippen molar-refractivity contribution in [3.8, 4) is 0 Å². The molecule has 2 heterocycles. The number of nitrogens with zero attached hydrogens (tertiary/aromatic N) is 4. The third kappa shape index (κ3) is 3.40. The van der Waals surface area contributed by atoms with Crippen molar-refractivity contribution in [2.45, 2.75) is 32.2 Å². The third-order valence-electron chi connectivity index (χ3n) is 3.23. The topological polar surface area (TPSA) is 101 Å². The summed E-state index contributed by atoms with van der Waals surface area (Å²) in [5.74, 6) is 0.222. The Bertz CT molecular complexity index is 484. The lowest BCUT2D eigenvalue weighted by molar-refractivity contribution is -0.385. The van der Waals surface area contributed by atoms with Crippen LogP contribution in [0.15, 0.2) is 12.4 Å². The van der Waals surface area contributed by atoms with Gasteiger partial charge in [-0.15, -0.1) is 0 Å². The first kappa shape index (κ1) is 14.2. The number of hydrogen-bond donors (Lipinski definition) is 1. The van der Waals surface area contributed by atoms with Gasteiger partial charge in [0.25, 0.3) is 0 Å². The number of likely N-dealkylation sites (tertiary alicyclic amines) is 1. The molecule has 1 aromatic heterocycles. The molecule has 1 aliphatic heterocycles. The maximum Gasteiger partial charge on any atom is 0.305 e. The first-order chi connectivity index (χ1) is 9.58. The van der Waals surface area contributed by atoms with E-state index < -0.39 is 11.0 Å². The molecule has 1 aromatic rings. The molecule has 1 N–H and O–H groups in total. The second-order valence-electron chi connectivity index (χ2n) is 4.77. The van der Waals surface area contributed by atoms with E-state index in [1.165, 1.54) is 0 Å². The van der Waals surface area contributed by atoms with Gasteiger partial charge in [-0.25, -0.2) is 9.97 Å². The molecule has 0 radical (unpaired) electrons. The molecule has 0 bridgehead atoms. The number of aromatic nitrogens is 2. The SMILES string of the molecule is CC(Nc1ncc([N+](=O)[O-])cn1)C(=O)N1CCCCC1. The summed E-state index contributed by atoms with van der Waals surface area (Å²) in [4.78, 5) is 31.6. The Morgan fingerprint density at radius 1 is 1.35 bits per heavy atom. The van der Waals surface area contributed by atoms with Crippen LogP contribution < -0.4 is 5.32 Å². The van der Waals surface area contributed by atoms with E-state index in [0.29, 0.717) is 0 Å². The van der Waals surface area contributed by atoms with Gasteiger partial charge in [-0.3, -0.25) is 14.9 Å². The average molecular weight is 279 g/mol. The molecule has 1 aliphatic rings. The zero-order valence-electron chi connectivity index (χ0n) is 11.3. The molecule has 0 aliphatic carbocycles. The molecular weight excluding hydrogens is 262 g/mol. The Labute approximate surface area is 116 Å². The first-order valence-electron chi connectivity index (χ1n) is 6.59. The molecule has 20 heavy (non-hydrogen) atoms. The van der Waals surface area contributed by atoms with Crippen molar-refractivity contribution < 1.29 is 9.72 Å². The summed E-state index contributed by atoms with van der Waals surface area (Å²) < 4.78 is 0. The molecule has 1 amide bonds. The Morgan fingerprint density at radius 3 is 2.50 bits per heavy atom. The average Bonchev–Trinajstić information content (AvgIpc) is 2.48. The van der Waals surface area contributed by atoms with Crippen molar-refractivity contribution in [2.24, 2.45) is 0 Å². The predicted octanol–water partition coefficient (Wildman–Crippen LogP) is 1.20. The number of rotatable bonds is 4. The molecular formula is C12H17N5O3. The van der Waals surface area contributed by atoms with Crippen molar-refractivity contribution in [3.05, 3.63) is 22.5 Å². The molecule has 8 heteroatoms. The van der Waals surface area contributed by atoms with Crippen LogP contribution >= 0.6 is 0 Å². The van der Waals surface area contributed by atoms with Crippen LogP contribution in [0.5, 0.6) is 0 Å². The predicted molar refractivity (Wildman–Crippen MR) is 72.2 cm³/mol. The lowest BCUT2D eigenvalue weighted by Gasteiger charge is -2.29. The maximum atomic E-state index is 12.2. The smallest absolute Gasteiger partial charge is 0.305 e. The van der Waals surface area contributed by atoms with E-state index in [1.54, 1.807) is 6.92 Å². The van der Waals surface area contributed by atoms with E-state index in [-0.39, 0.29) is 17.5 Å². The Balaban J connectivity index is 1.94. The van der Waals surface area contributed by atoms with Gasteiger partial charge in [-0.1, -0.05) is 0 Å². The van der Waals surface area contributed by atoms with E-state index >= 15 is 0 Å². The fraction of sp³-hybridized carbons (Fsp3) is 0.583. The van der Waals surface area contributed by atoms with E-state index in [9.17, 15) is 14.9 Å². The van der Waals surface area contributed by atoms with Crippen LogP contribution in [0, 0.1) is 10.1 Å². The quantitative estimate of drug-likeness (QED) is 0.656. The summed E-state index contributed by atoms with van der Waals surface area (Å²) in [7, 11) is 0. The number of carbonyl (C=O) groups is 1. The maximum absolute atomic E-state index is 12.2.